The smallest absolute Gasteiger partial charge is 0.278 e. The van der Waals surface area contributed by atoms with Gasteiger partial charge >= 0.3 is 5.69 Å². The summed E-state index contributed by atoms with van der Waals surface area (Å²) in [6, 6.07) is 6.15. The molecular weight excluding hydrogens is 328 g/mol. The second-order valence-electron chi connectivity index (χ2n) is 4.56. The van der Waals surface area contributed by atoms with Crippen LogP contribution < -0.4 is 9.29 Å². The van der Waals surface area contributed by atoms with Gasteiger partial charge in [0.1, 0.15) is 11.8 Å². The minimum atomic E-state index is -3.51. The highest BCUT2D eigenvalue weighted by molar-refractivity contribution is 7.92. The van der Waals surface area contributed by atoms with Crippen LogP contribution in [0.25, 0.3) is 5.69 Å². The Hall–Kier alpha value is -3.08. The lowest BCUT2D eigenvalue weighted by molar-refractivity contribution is -0.600. The lowest BCUT2D eigenvalue weighted by atomic mass is 10.2. The summed E-state index contributed by atoms with van der Waals surface area (Å²) in [5, 5.41) is 21.9. The van der Waals surface area contributed by atoms with Crippen LogP contribution in [0.3, 0.4) is 0 Å². The molecule has 120 valence electrons. The summed E-state index contributed by atoms with van der Waals surface area (Å²) in [5.74, 6) is 0. The number of rotatable bonds is 5. The summed E-state index contributed by atoms with van der Waals surface area (Å²) in [6.45, 7) is 0. The van der Waals surface area contributed by atoms with Crippen molar-refractivity contribution in [2.24, 2.45) is 0 Å². The van der Waals surface area contributed by atoms with Crippen LogP contribution in [0.2, 0.25) is 0 Å². The number of pyridine rings is 1. The number of hydrogen-bond donors (Lipinski definition) is 1. The molecule has 11 heteroatoms. The zero-order valence-electron chi connectivity index (χ0n) is 11.7. The van der Waals surface area contributed by atoms with Gasteiger partial charge < -0.3 is 0 Å². The van der Waals surface area contributed by atoms with E-state index >= 15 is 0 Å². The minimum absolute atomic E-state index is 0.0674. The molecule has 0 saturated heterocycles. The molecule has 0 aliphatic rings. The van der Waals surface area contributed by atoms with E-state index in [1.54, 1.807) is 0 Å². The molecule has 1 N–H and O–H groups in total. The summed E-state index contributed by atoms with van der Waals surface area (Å²) in [5.41, 5.74) is -0.618. The molecule has 0 spiro atoms. The van der Waals surface area contributed by atoms with Gasteiger partial charge in [0.25, 0.3) is 11.4 Å². The zero-order chi connectivity index (χ0) is 17.2. The largest absolute Gasteiger partial charge is 0.347 e. The van der Waals surface area contributed by atoms with E-state index in [2.05, 4.69) is 4.72 Å². The van der Waals surface area contributed by atoms with Gasteiger partial charge in [-0.25, -0.2) is 8.42 Å². The first-order valence-electron chi connectivity index (χ1n) is 6.10. The Morgan fingerprint density at radius 3 is 2.39 bits per heavy atom. The molecule has 0 fully saturated rings. The van der Waals surface area contributed by atoms with Crippen molar-refractivity contribution in [3.8, 4) is 5.69 Å². The Balaban J connectivity index is 2.56. The highest BCUT2D eigenvalue weighted by Gasteiger charge is 2.26. The summed E-state index contributed by atoms with van der Waals surface area (Å²) in [6.07, 6.45) is 3.76. The average molecular weight is 339 g/mol. The molecule has 0 aliphatic carbocycles. The summed E-state index contributed by atoms with van der Waals surface area (Å²) >= 11 is 0. The highest BCUT2D eigenvalue weighted by Crippen LogP contribution is 2.24. The predicted octanol–water partition coefficient (Wildman–Crippen LogP) is 1.15. The van der Waals surface area contributed by atoms with Gasteiger partial charge in [0.2, 0.25) is 10.0 Å². The molecule has 0 unspecified atom stereocenters. The fraction of sp³-hybridized carbons (Fsp3) is 0.0833. The molecule has 0 aliphatic heterocycles. The standard InChI is InChI=1S/C12H11N4O6S/c1-23(21,22)13-9-3-2-6-14(8-9)11-5-4-10(15(17)18)7-12(11)16(19)20/h2-8,13H,1H3/q+1. The number of aromatic nitrogens is 1. The molecule has 0 saturated carbocycles. The maximum absolute atomic E-state index is 11.2. The Labute approximate surface area is 130 Å². The van der Waals surface area contributed by atoms with E-state index in [1.165, 1.54) is 35.2 Å². The van der Waals surface area contributed by atoms with Crippen molar-refractivity contribution < 1.29 is 22.8 Å². The van der Waals surface area contributed by atoms with E-state index in [4.69, 9.17) is 0 Å². The zero-order valence-corrected chi connectivity index (χ0v) is 12.6. The molecule has 23 heavy (non-hydrogen) atoms. The average Bonchev–Trinajstić information content (AvgIpc) is 2.45. The van der Waals surface area contributed by atoms with Crippen molar-refractivity contribution in [2.45, 2.75) is 0 Å². The van der Waals surface area contributed by atoms with Gasteiger partial charge in [0, 0.05) is 18.2 Å². The fourth-order valence-corrected chi connectivity index (χ4v) is 2.44. The van der Waals surface area contributed by atoms with Crippen LogP contribution in [0, 0.1) is 20.2 Å². The third kappa shape index (κ3) is 3.97. The molecule has 0 amide bonds. The van der Waals surface area contributed by atoms with Gasteiger partial charge in [-0.3, -0.25) is 25.0 Å². The molecule has 1 heterocycles. The molecule has 10 nitrogen and oxygen atoms in total. The van der Waals surface area contributed by atoms with Crippen molar-refractivity contribution in [3.05, 3.63) is 63.0 Å². The van der Waals surface area contributed by atoms with Crippen LogP contribution in [0.1, 0.15) is 0 Å². The maximum Gasteiger partial charge on any atom is 0.347 e. The highest BCUT2D eigenvalue weighted by atomic mass is 32.2. The Morgan fingerprint density at radius 1 is 1.13 bits per heavy atom. The molecule has 0 bridgehead atoms. The van der Waals surface area contributed by atoms with Crippen LogP contribution >= 0.6 is 0 Å². The SMILES string of the molecule is CS(=O)(=O)Nc1ccc[n+](-c2ccc([N+](=O)[O-])cc2[N+](=O)[O-])c1. The van der Waals surface area contributed by atoms with Gasteiger partial charge in [0.15, 0.2) is 12.4 Å². The predicted molar refractivity (Wildman–Crippen MR) is 79.7 cm³/mol. The van der Waals surface area contributed by atoms with Crippen molar-refractivity contribution in [1.82, 2.24) is 0 Å². The van der Waals surface area contributed by atoms with Crippen LogP contribution in [-0.4, -0.2) is 24.5 Å². The van der Waals surface area contributed by atoms with Crippen molar-refractivity contribution in [2.75, 3.05) is 11.0 Å². The topological polar surface area (TPSA) is 136 Å². The molecule has 0 radical (unpaired) electrons. The van der Waals surface area contributed by atoms with Gasteiger partial charge in [-0.2, -0.15) is 4.57 Å². The molecule has 1 aromatic carbocycles. The van der Waals surface area contributed by atoms with E-state index in [-0.39, 0.29) is 11.4 Å². The van der Waals surface area contributed by atoms with E-state index in [0.717, 1.165) is 18.4 Å². The number of sulfonamides is 1. The number of nitro groups is 2. The van der Waals surface area contributed by atoms with E-state index in [9.17, 15) is 28.6 Å². The Kier molecular flexibility index (Phi) is 4.22. The van der Waals surface area contributed by atoms with E-state index in [1.807, 2.05) is 0 Å². The lowest BCUT2D eigenvalue weighted by Gasteiger charge is -2.03. The number of nitro benzene ring substituents is 2. The Bertz CT molecular complexity index is 896. The normalized spacial score (nSPS) is 11.0. The van der Waals surface area contributed by atoms with Crippen LogP contribution in [0.15, 0.2) is 42.7 Å². The summed E-state index contributed by atoms with van der Waals surface area (Å²) in [7, 11) is -3.51. The fourth-order valence-electron chi connectivity index (χ4n) is 1.89. The quantitative estimate of drug-likeness (QED) is 0.493. The lowest BCUT2D eigenvalue weighted by Crippen LogP contribution is -2.31. The van der Waals surface area contributed by atoms with Gasteiger partial charge in [-0.1, -0.05) is 0 Å². The second-order valence-corrected chi connectivity index (χ2v) is 6.31. The van der Waals surface area contributed by atoms with Crippen LogP contribution in [-0.2, 0) is 10.0 Å². The third-order valence-electron chi connectivity index (χ3n) is 2.75. The number of nitrogens with zero attached hydrogens (tertiary/aromatic N) is 3. The molecule has 2 rings (SSSR count). The van der Waals surface area contributed by atoms with Gasteiger partial charge in [-0.05, 0) is 6.07 Å². The number of hydrogen-bond acceptors (Lipinski definition) is 6. The molecule has 2 aromatic rings. The van der Waals surface area contributed by atoms with Crippen molar-refractivity contribution >= 4 is 27.1 Å². The van der Waals surface area contributed by atoms with Gasteiger partial charge in [-0.15, -0.1) is 0 Å². The molecule has 1 aromatic heterocycles. The molecule has 0 atom stereocenters. The number of benzene rings is 1. The second kappa shape index (κ2) is 5.96. The maximum atomic E-state index is 11.2. The summed E-state index contributed by atoms with van der Waals surface area (Å²) in [4.78, 5) is 20.4. The van der Waals surface area contributed by atoms with Crippen molar-refractivity contribution in [3.63, 3.8) is 0 Å². The Morgan fingerprint density at radius 2 is 1.83 bits per heavy atom. The number of anilines is 1. The first kappa shape index (κ1) is 16.3. The van der Waals surface area contributed by atoms with Gasteiger partial charge in [0.05, 0.1) is 16.1 Å². The van der Waals surface area contributed by atoms with Crippen LogP contribution in [0.5, 0.6) is 0 Å². The van der Waals surface area contributed by atoms with E-state index in [0.29, 0.717) is 0 Å². The monoisotopic (exact) mass is 339 g/mol. The summed E-state index contributed by atoms with van der Waals surface area (Å²) < 4.78 is 26.0. The first-order valence-corrected chi connectivity index (χ1v) is 7.99. The number of nitrogens with one attached hydrogen (secondary N) is 1. The van der Waals surface area contributed by atoms with Crippen molar-refractivity contribution in [1.29, 1.82) is 0 Å². The van der Waals surface area contributed by atoms with Crippen LogP contribution in [0.4, 0.5) is 17.1 Å². The van der Waals surface area contributed by atoms with E-state index < -0.39 is 31.2 Å². The third-order valence-corrected chi connectivity index (χ3v) is 3.36. The molecular formula is C12H11N4O6S+. The first-order chi connectivity index (χ1) is 10.7. The minimum Gasteiger partial charge on any atom is -0.278 e. The number of non-ortho nitro benzene ring substituents is 1.